The van der Waals surface area contributed by atoms with Crippen LogP contribution in [0.2, 0.25) is 5.02 Å². The van der Waals surface area contributed by atoms with Gasteiger partial charge in [0.25, 0.3) is 11.8 Å². The third-order valence-electron chi connectivity index (χ3n) is 4.20. The van der Waals surface area contributed by atoms with Crippen LogP contribution in [0.1, 0.15) is 28.4 Å². The summed E-state index contributed by atoms with van der Waals surface area (Å²) in [5, 5.41) is 22.1. The highest BCUT2D eigenvalue weighted by molar-refractivity contribution is 7.79. The number of aliphatic hydroxyl groups is 1. The Morgan fingerprint density at radius 3 is 2.33 bits per heavy atom. The molecule has 2 aromatic carbocycles. The van der Waals surface area contributed by atoms with Crippen LogP contribution in [0.25, 0.3) is 0 Å². The zero-order valence-electron chi connectivity index (χ0n) is 16.0. The Bertz CT molecular complexity index is 1020. The molecule has 0 saturated heterocycles. The molecule has 1 unspecified atom stereocenters. The maximum absolute atomic E-state index is 12.5. The zero-order valence-corrected chi connectivity index (χ0v) is 17.5. The van der Waals surface area contributed by atoms with Crippen LogP contribution < -0.4 is 16.2 Å². The summed E-state index contributed by atoms with van der Waals surface area (Å²) in [5.74, 6) is -1.37. The number of rotatable bonds is 6. The lowest BCUT2D eigenvalue weighted by molar-refractivity contribution is -0.124. The SMILES string of the molecule is Cc1c(N[C@@H](C(=O)NNC(=O)c2ccc(S(=O)O)cc2)[C@H](C)O)ccc(C#N)c1Cl. The first kappa shape index (κ1) is 23.3. The Labute approximate surface area is 180 Å². The van der Waals surface area contributed by atoms with Gasteiger partial charge in [-0.25, -0.2) is 4.21 Å². The second-order valence-electron chi connectivity index (χ2n) is 6.29. The Kier molecular flexibility index (Phi) is 7.91. The zero-order chi connectivity index (χ0) is 22.4. The molecular formula is C19H19ClN4O5S. The molecule has 5 N–H and O–H groups in total. The molecule has 2 aromatic rings. The van der Waals surface area contributed by atoms with Crippen molar-refractivity contribution in [2.75, 3.05) is 5.32 Å². The third-order valence-corrected chi connectivity index (χ3v) is 5.36. The normalized spacial score (nSPS) is 13.5. The minimum absolute atomic E-state index is 0.130. The van der Waals surface area contributed by atoms with Gasteiger partial charge in [-0.05, 0) is 55.8 Å². The van der Waals surface area contributed by atoms with Gasteiger partial charge in [-0.15, -0.1) is 0 Å². The number of hydrogen-bond donors (Lipinski definition) is 5. The summed E-state index contributed by atoms with van der Waals surface area (Å²) in [4.78, 5) is 24.8. The van der Waals surface area contributed by atoms with Crippen molar-refractivity contribution in [3.63, 3.8) is 0 Å². The third kappa shape index (κ3) is 5.55. The van der Waals surface area contributed by atoms with Gasteiger partial charge in [0.05, 0.1) is 21.6 Å². The Morgan fingerprint density at radius 1 is 1.17 bits per heavy atom. The van der Waals surface area contributed by atoms with E-state index in [0.717, 1.165) is 0 Å². The van der Waals surface area contributed by atoms with Gasteiger partial charge in [-0.1, -0.05) is 11.6 Å². The fourth-order valence-corrected chi connectivity index (χ4v) is 3.07. The second-order valence-corrected chi connectivity index (χ2v) is 7.64. The number of anilines is 1. The average Bonchev–Trinajstić information content (AvgIpc) is 2.72. The standard InChI is InChI=1S/C19H19ClN4O5S/c1-10-15(8-5-13(9-21)16(10)20)22-17(11(2)25)19(27)24-23-18(26)12-3-6-14(7-4-12)30(28)29/h3-8,11,17,22,25H,1-2H3,(H,23,26)(H,24,27)(H,28,29)/t11-,17+/m0/s1. The van der Waals surface area contributed by atoms with E-state index in [2.05, 4.69) is 16.2 Å². The molecule has 0 radical (unpaired) electrons. The maximum Gasteiger partial charge on any atom is 0.269 e. The molecule has 2 rings (SSSR count). The number of benzene rings is 2. The second kappa shape index (κ2) is 10.2. The molecule has 0 spiro atoms. The number of halogens is 1. The highest BCUT2D eigenvalue weighted by Gasteiger charge is 2.25. The first-order valence-corrected chi connectivity index (χ1v) is 10.1. The minimum atomic E-state index is -2.16. The van der Waals surface area contributed by atoms with Gasteiger partial charge in [0.1, 0.15) is 12.1 Å². The van der Waals surface area contributed by atoms with Gasteiger partial charge in [-0.3, -0.25) is 20.4 Å². The summed E-state index contributed by atoms with van der Waals surface area (Å²) >= 11 is 3.96. The number of nitriles is 1. The van der Waals surface area contributed by atoms with Crippen molar-refractivity contribution < 1.29 is 23.5 Å². The summed E-state index contributed by atoms with van der Waals surface area (Å²) < 4.78 is 20.0. The van der Waals surface area contributed by atoms with Gasteiger partial charge >= 0.3 is 0 Å². The Balaban J connectivity index is 2.07. The fourth-order valence-electron chi connectivity index (χ4n) is 2.49. The summed E-state index contributed by atoms with van der Waals surface area (Å²) in [7, 11) is 0. The van der Waals surface area contributed by atoms with Crippen LogP contribution >= 0.6 is 11.6 Å². The fraction of sp³-hybridized carbons (Fsp3) is 0.211. The molecule has 0 saturated carbocycles. The first-order chi connectivity index (χ1) is 14.1. The van der Waals surface area contributed by atoms with Crippen molar-refractivity contribution in [3.8, 4) is 6.07 Å². The van der Waals surface area contributed by atoms with Crippen LogP contribution in [-0.2, 0) is 15.9 Å². The van der Waals surface area contributed by atoms with E-state index < -0.39 is 35.0 Å². The lowest BCUT2D eigenvalue weighted by atomic mass is 10.1. The number of carbonyl (C=O) groups excluding carboxylic acids is 2. The molecule has 9 nitrogen and oxygen atoms in total. The monoisotopic (exact) mass is 450 g/mol. The van der Waals surface area contributed by atoms with E-state index in [1.807, 2.05) is 6.07 Å². The quantitative estimate of drug-likeness (QED) is 0.332. The number of carbonyl (C=O) groups is 2. The number of hydrogen-bond acceptors (Lipinski definition) is 6. The lowest BCUT2D eigenvalue weighted by Gasteiger charge is -2.23. The van der Waals surface area contributed by atoms with E-state index in [1.54, 1.807) is 13.0 Å². The molecule has 0 aliphatic heterocycles. The molecule has 158 valence electrons. The minimum Gasteiger partial charge on any atom is -0.391 e. The van der Waals surface area contributed by atoms with Crippen molar-refractivity contribution in [1.82, 2.24) is 10.9 Å². The molecule has 0 bridgehead atoms. The van der Waals surface area contributed by atoms with E-state index in [1.165, 1.54) is 37.3 Å². The van der Waals surface area contributed by atoms with E-state index in [-0.39, 0.29) is 21.0 Å². The Hall–Kier alpha value is -2.97. The van der Waals surface area contributed by atoms with Gasteiger partial charge < -0.3 is 15.0 Å². The van der Waals surface area contributed by atoms with Crippen LogP contribution in [0.5, 0.6) is 0 Å². The molecule has 30 heavy (non-hydrogen) atoms. The number of nitrogens with zero attached hydrogens (tertiary/aromatic N) is 1. The van der Waals surface area contributed by atoms with Gasteiger partial charge in [0, 0.05) is 11.3 Å². The van der Waals surface area contributed by atoms with Crippen LogP contribution in [-0.4, -0.2) is 37.8 Å². The van der Waals surface area contributed by atoms with E-state index in [9.17, 15) is 18.9 Å². The molecule has 11 heteroatoms. The first-order valence-electron chi connectivity index (χ1n) is 8.60. The van der Waals surface area contributed by atoms with Gasteiger partial charge in [0.15, 0.2) is 11.1 Å². The predicted octanol–water partition coefficient (Wildman–Crippen LogP) is 1.72. The predicted molar refractivity (Wildman–Crippen MR) is 111 cm³/mol. The summed E-state index contributed by atoms with van der Waals surface area (Å²) in [5.41, 5.74) is 5.84. The van der Waals surface area contributed by atoms with Crippen molar-refractivity contribution in [1.29, 1.82) is 5.26 Å². The van der Waals surface area contributed by atoms with Gasteiger partial charge in [-0.2, -0.15) is 5.26 Å². The highest BCUT2D eigenvalue weighted by Crippen LogP contribution is 2.27. The van der Waals surface area contributed by atoms with Crippen molar-refractivity contribution in [3.05, 3.63) is 58.1 Å². The van der Waals surface area contributed by atoms with Crippen molar-refractivity contribution in [2.45, 2.75) is 30.9 Å². The van der Waals surface area contributed by atoms with E-state index >= 15 is 0 Å². The summed E-state index contributed by atoms with van der Waals surface area (Å²) in [6.45, 7) is 3.06. The van der Waals surface area contributed by atoms with Crippen LogP contribution in [0.15, 0.2) is 41.3 Å². The van der Waals surface area contributed by atoms with Crippen LogP contribution in [0.4, 0.5) is 5.69 Å². The molecule has 0 aromatic heterocycles. The van der Waals surface area contributed by atoms with Crippen molar-refractivity contribution in [2.24, 2.45) is 0 Å². The molecular weight excluding hydrogens is 432 g/mol. The van der Waals surface area contributed by atoms with Crippen molar-refractivity contribution >= 4 is 40.2 Å². The number of nitrogens with one attached hydrogen (secondary N) is 3. The molecule has 0 fully saturated rings. The number of aliphatic hydroxyl groups excluding tert-OH is 1. The lowest BCUT2D eigenvalue weighted by Crippen LogP contribution is -2.52. The summed E-state index contributed by atoms with van der Waals surface area (Å²) in [6.07, 6.45) is -1.13. The smallest absolute Gasteiger partial charge is 0.269 e. The van der Waals surface area contributed by atoms with Gasteiger partial charge in [0.2, 0.25) is 0 Å². The largest absolute Gasteiger partial charge is 0.391 e. The van der Waals surface area contributed by atoms with Crippen LogP contribution in [0, 0.1) is 18.3 Å². The number of hydrazine groups is 1. The van der Waals surface area contributed by atoms with Crippen LogP contribution in [0.3, 0.4) is 0 Å². The highest BCUT2D eigenvalue weighted by atomic mass is 35.5. The summed E-state index contributed by atoms with van der Waals surface area (Å²) in [6, 6.07) is 9.15. The molecule has 0 aliphatic carbocycles. The molecule has 0 aliphatic rings. The van der Waals surface area contributed by atoms with E-state index in [4.69, 9.17) is 21.4 Å². The molecule has 0 heterocycles. The number of amides is 2. The maximum atomic E-state index is 12.5. The average molecular weight is 451 g/mol. The Morgan fingerprint density at radius 2 is 1.80 bits per heavy atom. The molecule has 2 amide bonds. The van der Waals surface area contributed by atoms with E-state index in [0.29, 0.717) is 11.3 Å². The topological polar surface area (TPSA) is 152 Å². The molecule has 3 atom stereocenters.